The molecule has 0 spiro atoms. The van der Waals surface area contributed by atoms with E-state index in [0.29, 0.717) is 36.0 Å². The van der Waals surface area contributed by atoms with Gasteiger partial charge in [-0.1, -0.05) is 0 Å². The maximum Gasteiger partial charge on any atom is 0.344 e. The number of aromatic nitrogens is 1. The molecule has 3 atom stereocenters. The molecule has 1 aliphatic carbocycles. The van der Waals surface area contributed by atoms with Crippen molar-refractivity contribution < 1.29 is 45.7 Å². The van der Waals surface area contributed by atoms with Crippen LogP contribution >= 0.6 is 0 Å². The summed E-state index contributed by atoms with van der Waals surface area (Å²) < 4.78 is 94.3. The summed E-state index contributed by atoms with van der Waals surface area (Å²) in [7, 11) is 4.10. The average molecular weight is 676 g/mol. The minimum absolute atomic E-state index is 0.00269. The lowest BCUT2D eigenvalue weighted by Crippen LogP contribution is -2.46. The number of rotatable bonds is 6. The van der Waals surface area contributed by atoms with Gasteiger partial charge in [-0.3, -0.25) is 0 Å². The molecule has 2 aliphatic heterocycles. The smallest absolute Gasteiger partial charge is 0.344 e. The van der Waals surface area contributed by atoms with Crippen LogP contribution in [0, 0.1) is 41.9 Å². The van der Waals surface area contributed by atoms with Gasteiger partial charge in [-0.05, 0) is 78.7 Å². The number of ether oxygens (including phenoxy) is 4. The zero-order valence-corrected chi connectivity index (χ0v) is 27.6. The molecule has 3 aliphatic rings. The topological polar surface area (TPSA) is 73.4 Å². The standard InChI is InChI=1S/C35H38F5N3O5/c1-17-15-43(16-18(2)45-17)25-12-7-20(14-41-25)24-13-23(34(44)46-33-29(39)27(37)26(36)28(38)30(33)40)19(3)31-32(24)48-35(4,47-31)21-8-10-22(11-9-21)42(5)6/h7,12-14,17-18,21-22H,8-11,15-16H2,1-6H3/t17-,18+,21-,22-,35?. The molecule has 1 saturated carbocycles. The molecule has 1 unspecified atom stereocenters. The Hall–Kier alpha value is -3.97. The van der Waals surface area contributed by atoms with Crippen molar-refractivity contribution in [2.45, 2.75) is 77.4 Å². The summed E-state index contributed by atoms with van der Waals surface area (Å²) in [5.74, 6) is -14.2. The molecule has 2 fully saturated rings. The summed E-state index contributed by atoms with van der Waals surface area (Å²) in [6.45, 7) is 8.65. The number of benzene rings is 2. The van der Waals surface area contributed by atoms with Crippen molar-refractivity contribution in [3.63, 3.8) is 0 Å². The van der Waals surface area contributed by atoms with Gasteiger partial charge in [0.15, 0.2) is 11.5 Å². The third-order valence-electron chi connectivity index (χ3n) is 9.65. The Morgan fingerprint density at radius 3 is 2.06 bits per heavy atom. The van der Waals surface area contributed by atoms with E-state index in [9.17, 15) is 26.7 Å². The fourth-order valence-corrected chi connectivity index (χ4v) is 7.01. The Bertz CT molecular complexity index is 1690. The maximum atomic E-state index is 14.5. The van der Waals surface area contributed by atoms with Crippen LogP contribution in [-0.2, 0) is 4.74 Å². The number of hydrogen-bond donors (Lipinski definition) is 0. The third kappa shape index (κ3) is 6.06. The molecular weight excluding hydrogens is 637 g/mol. The Kier molecular flexibility index (Phi) is 9.05. The lowest BCUT2D eigenvalue weighted by Gasteiger charge is -2.39. The highest BCUT2D eigenvalue weighted by molar-refractivity contribution is 5.97. The van der Waals surface area contributed by atoms with Gasteiger partial charge in [0.25, 0.3) is 5.79 Å². The monoisotopic (exact) mass is 675 g/mol. The van der Waals surface area contributed by atoms with Crippen molar-refractivity contribution in [2.24, 2.45) is 5.92 Å². The normalized spacial score (nSPS) is 25.5. The molecule has 2 aromatic carbocycles. The molecule has 8 nitrogen and oxygen atoms in total. The van der Waals surface area contributed by atoms with Crippen LogP contribution in [0.3, 0.4) is 0 Å². The van der Waals surface area contributed by atoms with Gasteiger partial charge in [0.1, 0.15) is 5.82 Å². The third-order valence-corrected chi connectivity index (χ3v) is 9.65. The molecular formula is C35H38F5N3O5. The Balaban J connectivity index is 1.39. The van der Waals surface area contributed by atoms with Gasteiger partial charge >= 0.3 is 5.97 Å². The molecule has 0 bridgehead atoms. The molecule has 48 heavy (non-hydrogen) atoms. The highest BCUT2D eigenvalue weighted by atomic mass is 19.2. The lowest BCUT2D eigenvalue weighted by molar-refractivity contribution is -0.123. The first-order valence-electron chi connectivity index (χ1n) is 16.0. The first kappa shape index (κ1) is 33.9. The summed E-state index contributed by atoms with van der Waals surface area (Å²) in [5.41, 5.74) is 0.929. The van der Waals surface area contributed by atoms with Gasteiger partial charge < -0.3 is 28.7 Å². The Morgan fingerprint density at radius 2 is 1.50 bits per heavy atom. The van der Waals surface area contributed by atoms with Crippen LogP contribution in [0.4, 0.5) is 27.8 Å². The SMILES string of the molecule is Cc1c(C(=O)Oc2c(F)c(F)c(F)c(F)c2F)cc(-c2ccc(N3C[C@@H](C)O[C@@H](C)C3)nc2)c2c1OC(C)([C@H]1CC[C@H](N(C)C)CC1)O2. The van der Waals surface area contributed by atoms with E-state index in [2.05, 4.69) is 14.8 Å². The maximum absolute atomic E-state index is 14.5. The Morgan fingerprint density at radius 1 is 0.917 bits per heavy atom. The van der Waals surface area contributed by atoms with Gasteiger partial charge in [-0.2, -0.15) is 8.78 Å². The molecule has 3 aromatic rings. The van der Waals surface area contributed by atoms with E-state index in [0.717, 1.165) is 31.5 Å². The van der Waals surface area contributed by atoms with E-state index in [1.54, 1.807) is 12.3 Å². The van der Waals surface area contributed by atoms with Crippen LogP contribution in [0.2, 0.25) is 0 Å². The summed E-state index contributed by atoms with van der Waals surface area (Å²) >= 11 is 0. The highest BCUT2D eigenvalue weighted by Gasteiger charge is 2.48. The number of nitrogens with zero attached hydrogens (tertiary/aromatic N) is 3. The number of anilines is 1. The lowest BCUT2D eigenvalue weighted by atomic mass is 9.81. The van der Waals surface area contributed by atoms with Crippen LogP contribution < -0.4 is 19.1 Å². The van der Waals surface area contributed by atoms with Crippen LogP contribution in [0.25, 0.3) is 11.1 Å². The van der Waals surface area contributed by atoms with E-state index >= 15 is 0 Å². The predicted molar refractivity (Wildman–Crippen MR) is 167 cm³/mol. The zero-order valence-electron chi connectivity index (χ0n) is 27.6. The molecule has 13 heteroatoms. The molecule has 0 amide bonds. The van der Waals surface area contributed by atoms with E-state index in [1.165, 1.54) is 13.0 Å². The van der Waals surface area contributed by atoms with Gasteiger partial charge in [0.2, 0.25) is 34.8 Å². The largest absolute Gasteiger partial charge is 0.448 e. The summed E-state index contributed by atoms with van der Waals surface area (Å²) in [5, 5.41) is 0. The second-order valence-electron chi connectivity index (χ2n) is 13.3. The van der Waals surface area contributed by atoms with Crippen molar-refractivity contribution in [1.29, 1.82) is 0 Å². The fourth-order valence-electron chi connectivity index (χ4n) is 7.01. The van der Waals surface area contributed by atoms with Crippen molar-refractivity contribution in [3.8, 4) is 28.4 Å². The highest BCUT2D eigenvalue weighted by Crippen LogP contribution is 2.53. The molecule has 258 valence electrons. The second-order valence-corrected chi connectivity index (χ2v) is 13.3. The van der Waals surface area contributed by atoms with Crippen LogP contribution in [-0.4, -0.2) is 67.1 Å². The van der Waals surface area contributed by atoms with Gasteiger partial charge in [0.05, 0.1) is 17.8 Å². The first-order valence-corrected chi connectivity index (χ1v) is 16.0. The van der Waals surface area contributed by atoms with Gasteiger partial charge in [-0.25, -0.2) is 22.9 Å². The second kappa shape index (κ2) is 12.8. The number of carbonyl (C=O) groups excluding carboxylic acids is 1. The van der Waals surface area contributed by atoms with Crippen LogP contribution in [0.5, 0.6) is 17.2 Å². The molecule has 0 N–H and O–H groups in total. The predicted octanol–water partition coefficient (Wildman–Crippen LogP) is 7.19. The van der Waals surface area contributed by atoms with E-state index in [-0.39, 0.29) is 35.0 Å². The van der Waals surface area contributed by atoms with Crippen molar-refractivity contribution in [1.82, 2.24) is 9.88 Å². The molecule has 6 rings (SSSR count). The number of carbonyl (C=O) groups is 1. The molecule has 1 aromatic heterocycles. The van der Waals surface area contributed by atoms with Crippen molar-refractivity contribution >= 4 is 11.8 Å². The summed E-state index contributed by atoms with van der Waals surface area (Å²) in [4.78, 5) is 22.5. The zero-order chi connectivity index (χ0) is 34.7. The quantitative estimate of drug-likeness (QED) is 0.0894. The number of esters is 1. The average Bonchev–Trinajstić information content (AvgIpc) is 3.43. The van der Waals surface area contributed by atoms with Crippen LogP contribution in [0.15, 0.2) is 24.4 Å². The first-order chi connectivity index (χ1) is 22.7. The molecule has 1 saturated heterocycles. The summed E-state index contributed by atoms with van der Waals surface area (Å²) in [6, 6.07) is 5.46. The van der Waals surface area contributed by atoms with Gasteiger partial charge in [0, 0.05) is 54.9 Å². The van der Waals surface area contributed by atoms with E-state index < -0.39 is 46.6 Å². The van der Waals surface area contributed by atoms with Crippen LogP contribution in [0.1, 0.15) is 62.4 Å². The number of hydrogen-bond acceptors (Lipinski definition) is 8. The van der Waals surface area contributed by atoms with E-state index in [1.807, 2.05) is 40.9 Å². The fraction of sp³-hybridized carbons (Fsp3) is 0.486. The van der Waals surface area contributed by atoms with E-state index in [4.69, 9.17) is 18.9 Å². The molecule has 3 heterocycles. The number of fused-ring (bicyclic) bond motifs is 1. The van der Waals surface area contributed by atoms with Crippen molar-refractivity contribution in [2.75, 3.05) is 32.1 Å². The number of morpholine rings is 1. The van der Waals surface area contributed by atoms with Crippen molar-refractivity contribution in [3.05, 3.63) is 64.6 Å². The summed E-state index contributed by atoms with van der Waals surface area (Å²) in [6.07, 6.45) is 5.16. The number of pyridine rings is 1. The Labute approximate surface area is 275 Å². The minimum Gasteiger partial charge on any atom is -0.448 e. The van der Waals surface area contributed by atoms with Gasteiger partial charge in [-0.15, -0.1) is 0 Å². The minimum atomic E-state index is -2.36. The molecule has 0 radical (unpaired) electrons. The number of halogens is 5.